The fraction of sp³-hybridized carbons (Fsp3) is 0.900. The van der Waals surface area contributed by atoms with Crippen LogP contribution in [0.4, 0.5) is 0 Å². The van der Waals surface area contributed by atoms with E-state index in [0.29, 0.717) is 13.0 Å². The molecule has 3 heteroatoms. The molecule has 0 aliphatic rings. The molecule has 1 N–H and O–H groups in total. The minimum atomic E-state index is -0.375. The summed E-state index contributed by atoms with van der Waals surface area (Å²) in [6.07, 6.45) is 0.655. The van der Waals surface area contributed by atoms with Gasteiger partial charge in [-0.1, -0.05) is 20.8 Å². The summed E-state index contributed by atoms with van der Waals surface area (Å²) < 4.78 is 4.84. The van der Waals surface area contributed by atoms with Crippen molar-refractivity contribution >= 4 is 5.97 Å². The molecule has 0 rings (SSSR count). The molecule has 0 fully saturated rings. The van der Waals surface area contributed by atoms with Gasteiger partial charge in [-0.05, 0) is 18.8 Å². The van der Waals surface area contributed by atoms with Crippen LogP contribution in [-0.4, -0.2) is 24.3 Å². The lowest BCUT2D eigenvalue weighted by Crippen LogP contribution is -2.26. The summed E-state index contributed by atoms with van der Waals surface area (Å²) in [5, 5.41) is 8.99. The summed E-state index contributed by atoms with van der Waals surface area (Å²) in [5.41, 5.74) is 0.0418. The number of hydrogen-bond donors (Lipinski definition) is 1. The SMILES string of the molecule is CCOC(=O)[C@H](CO)CC(C)(C)C. The van der Waals surface area contributed by atoms with E-state index < -0.39 is 0 Å². The van der Waals surface area contributed by atoms with Crippen molar-refractivity contribution in [2.24, 2.45) is 11.3 Å². The van der Waals surface area contributed by atoms with Gasteiger partial charge in [0.15, 0.2) is 0 Å². The molecule has 0 aliphatic heterocycles. The zero-order chi connectivity index (χ0) is 10.5. The Hall–Kier alpha value is -0.570. The van der Waals surface area contributed by atoms with Crippen LogP contribution in [0.15, 0.2) is 0 Å². The number of hydrogen-bond acceptors (Lipinski definition) is 3. The quantitative estimate of drug-likeness (QED) is 0.681. The normalized spacial score (nSPS) is 13.9. The second kappa shape index (κ2) is 5.22. The fourth-order valence-electron chi connectivity index (χ4n) is 1.22. The maximum absolute atomic E-state index is 11.3. The van der Waals surface area contributed by atoms with Crippen molar-refractivity contribution in [2.45, 2.75) is 34.1 Å². The number of aliphatic hydroxyl groups excluding tert-OH is 1. The summed E-state index contributed by atoms with van der Waals surface area (Å²) in [6, 6.07) is 0. The Morgan fingerprint density at radius 1 is 1.46 bits per heavy atom. The van der Waals surface area contributed by atoms with Crippen LogP contribution in [0.3, 0.4) is 0 Å². The lowest BCUT2D eigenvalue weighted by molar-refractivity contribution is -0.150. The Balaban J connectivity index is 4.10. The van der Waals surface area contributed by atoms with Gasteiger partial charge in [-0.2, -0.15) is 0 Å². The van der Waals surface area contributed by atoms with Gasteiger partial charge in [0, 0.05) is 0 Å². The molecule has 0 unspecified atom stereocenters. The highest BCUT2D eigenvalue weighted by Crippen LogP contribution is 2.24. The van der Waals surface area contributed by atoms with Gasteiger partial charge < -0.3 is 9.84 Å². The van der Waals surface area contributed by atoms with E-state index in [4.69, 9.17) is 9.84 Å². The molecule has 0 spiro atoms. The summed E-state index contributed by atoms with van der Waals surface area (Å²) >= 11 is 0. The molecular weight excluding hydrogens is 168 g/mol. The Labute approximate surface area is 80.1 Å². The van der Waals surface area contributed by atoms with Gasteiger partial charge in [0.25, 0.3) is 0 Å². The number of aliphatic hydroxyl groups is 1. The van der Waals surface area contributed by atoms with Crippen LogP contribution in [0.2, 0.25) is 0 Å². The molecule has 13 heavy (non-hydrogen) atoms. The van der Waals surface area contributed by atoms with Crippen LogP contribution in [0.1, 0.15) is 34.1 Å². The summed E-state index contributed by atoms with van der Waals surface area (Å²) in [6.45, 7) is 8.12. The molecule has 0 aliphatic carbocycles. The van der Waals surface area contributed by atoms with Crippen molar-refractivity contribution in [1.29, 1.82) is 0 Å². The van der Waals surface area contributed by atoms with Gasteiger partial charge in [0.1, 0.15) is 0 Å². The molecule has 0 heterocycles. The maximum atomic E-state index is 11.3. The molecule has 3 nitrogen and oxygen atoms in total. The number of ether oxygens (including phenoxy) is 1. The molecule has 1 atom stereocenters. The van der Waals surface area contributed by atoms with E-state index in [2.05, 4.69) is 0 Å². The molecule has 0 saturated carbocycles. The number of carbonyl (C=O) groups excluding carboxylic acids is 1. The van der Waals surface area contributed by atoms with Crippen LogP contribution in [0.25, 0.3) is 0 Å². The highest BCUT2D eigenvalue weighted by Gasteiger charge is 2.24. The van der Waals surface area contributed by atoms with Gasteiger partial charge in [0.05, 0.1) is 19.1 Å². The first-order chi connectivity index (χ1) is 5.90. The smallest absolute Gasteiger partial charge is 0.311 e. The third kappa shape index (κ3) is 5.64. The van der Waals surface area contributed by atoms with Crippen molar-refractivity contribution in [1.82, 2.24) is 0 Å². The Bertz CT molecular complexity index is 158. The predicted molar refractivity (Wildman–Crippen MR) is 51.3 cm³/mol. The summed E-state index contributed by atoms with van der Waals surface area (Å²) in [4.78, 5) is 11.3. The third-order valence-corrected chi connectivity index (χ3v) is 1.70. The van der Waals surface area contributed by atoms with Crippen LogP contribution in [0, 0.1) is 11.3 Å². The van der Waals surface area contributed by atoms with Crippen LogP contribution < -0.4 is 0 Å². The van der Waals surface area contributed by atoms with Gasteiger partial charge in [-0.3, -0.25) is 4.79 Å². The van der Waals surface area contributed by atoms with E-state index in [9.17, 15) is 4.79 Å². The first-order valence-electron chi connectivity index (χ1n) is 4.68. The summed E-state index contributed by atoms with van der Waals surface area (Å²) in [5.74, 6) is -0.667. The molecule has 0 aromatic carbocycles. The lowest BCUT2D eigenvalue weighted by Gasteiger charge is -2.23. The second-order valence-electron chi connectivity index (χ2n) is 4.40. The first kappa shape index (κ1) is 12.4. The van der Waals surface area contributed by atoms with Gasteiger partial charge >= 0.3 is 5.97 Å². The lowest BCUT2D eigenvalue weighted by atomic mass is 9.85. The van der Waals surface area contributed by atoms with E-state index in [1.54, 1.807) is 6.92 Å². The molecule has 0 bridgehead atoms. The van der Waals surface area contributed by atoms with E-state index in [0.717, 1.165) is 0 Å². The van der Waals surface area contributed by atoms with Crippen molar-refractivity contribution in [3.63, 3.8) is 0 Å². The van der Waals surface area contributed by atoms with Crippen LogP contribution in [0.5, 0.6) is 0 Å². The van der Waals surface area contributed by atoms with E-state index in [1.807, 2.05) is 20.8 Å². The van der Waals surface area contributed by atoms with Crippen molar-refractivity contribution in [3.8, 4) is 0 Å². The van der Waals surface area contributed by atoms with E-state index in [1.165, 1.54) is 0 Å². The minimum absolute atomic E-state index is 0.0418. The molecule has 0 saturated heterocycles. The van der Waals surface area contributed by atoms with Crippen LogP contribution in [-0.2, 0) is 9.53 Å². The standard InChI is InChI=1S/C10H20O3/c1-5-13-9(12)8(7-11)6-10(2,3)4/h8,11H,5-7H2,1-4H3/t8-/m0/s1. The Morgan fingerprint density at radius 3 is 2.31 bits per heavy atom. The van der Waals surface area contributed by atoms with Crippen LogP contribution >= 0.6 is 0 Å². The van der Waals surface area contributed by atoms with Crippen molar-refractivity contribution < 1.29 is 14.6 Å². The topological polar surface area (TPSA) is 46.5 Å². The monoisotopic (exact) mass is 188 g/mol. The number of esters is 1. The molecule has 0 aromatic rings. The van der Waals surface area contributed by atoms with Crippen molar-refractivity contribution in [3.05, 3.63) is 0 Å². The highest BCUT2D eigenvalue weighted by molar-refractivity contribution is 5.72. The molecule has 78 valence electrons. The number of carbonyl (C=O) groups is 1. The van der Waals surface area contributed by atoms with Gasteiger partial charge in [0.2, 0.25) is 0 Å². The minimum Gasteiger partial charge on any atom is -0.466 e. The first-order valence-corrected chi connectivity index (χ1v) is 4.68. The molecule has 0 amide bonds. The molecule has 0 radical (unpaired) electrons. The average molecular weight is 188 g/mol. The Morgan fingerprint density at radius 2 is 2.00 bits per heavy atom. The fourth-order valence-corrected chi connectivity index (χ4v) is 1.22. The highest BCUT2D eigenvalue weighted by atomic mass is 16.5. The van der Waals surface area contributed by atoms with Crippen molar-refractivity contribution in [2.75, 3.05) is 13.2 Å². The third-order valence-electron chi connectivity index (χ3n) is 1.70. The Kier molecular flexibility index (Phi) is 4.99. The average Bonchev–Trinajstić information content (AvgIpc) is 1.99. The van der Waals surface area contributed by atoms with E-state index >= 15 is 0 Å². The zero-order valence-corrected chi connectivity index (χ0v) is 8.96. The largest absolute Gasteiger partial charge is 0.466 e. The molecular formula is C10H20O3. The summed E-state index contributed by atoms with van der Waals surface area (Å²) in [7, 11) is 0. The zero-order valence-electron chi connectivity index (χ0n) is 8.96. The van der Waals surface area contributed by atoms with Gasteiger partial charge in [-0.15, -0.1) is 0 Å². The molecule has 0 aromatic heterocycles. The second-order valence-corrected chi connectivity index (χ2v) is 4.40. The number of rotatable bonds is 4. The van der Waals surface area contributed by atoms with E-state index in [-0.39, 0.29) is 23.9 Å². The van der Waals surface area contributed by atoms with Gasteiger partial charge in [-0.25, -0.2) is 0 Å². The predicted octanol–water partition coefficient (Wildman–Crippen LogP) is 1.59. The maximum Gasteiger partial charge on any atom is 0.311 e.